The number of likely N-dealkylation sites (N-methyl/N-ethyl adjacent to an activating group) is 1. The topological polar surface area (TPSA) is 61.4 Å². The molecule has 124 valence electrons. The summed E-state index contributed by atoms with van der Waals surface area (Å²) < 4.78 is 0. The molecule has 5 heteroatoms. The van der Waals surface area contributed by atoms with E-state index in [9.17, 15) is 9.59 Å². The standard InChI is InChI=1S/C17H29N3O2/c1-20(13-5-3-2-4-6-13)15(21)12-19-16(22)14-11-17(14)7-9-18-10-8-17/h13-14,18H,2-12H2,1H3,(H,19,22). The van der Waals surface area contributed by atoms with Crippen molar-refractivity contribution in [1.82, 2.24) is 15.5 Å². The molecule has 3 aliphatic rings. The summed E-state index contributed by atoms with van der Waals surface area (Å²) in [5, 5.41) is 6.23. The van der Waals surface area contributed by atoms with Crippen LogP contribution in [0.15, 0.2) is 0 Å². The predicted octanol–water partition coefficient (Wildman–Crippen LogP) is 1.28. The van der Waals surface area contributed by atoms with E-state index in [-0.39, 0.29) is 29.7 Å². The van der Waals surface area contributed by atoms with Crippen molar-refractivity contribution in [2.24, 2.45) is 11.3 Å². The molecule has 1 spiro atoms. The first-order valence-corrected chi connectivity index (χ1v) is 8.86. The van der Waals surface area contributed by atoms with E-state index in [0.29, 0.717) is 6.04 Å². The highest BCUT2D eigenvalue weighted by atomic mass is 16.2. The summed E-state index contributed by atoms with van der Waals surface area (Å²) in [6, 6.07) is 0.370. The minimum atomic E-state index is 0.0558. The van der Waals surface area contributed by atoms with Gasteiger partial charge in [0.25, 0.3) is 0 Å². The van der Waals surface area contributed by atoms with Crippen LogP contribution < -0.4 is 10.6 Å². The highest BCUT2D eigenvalue weighted by Crippen LogP contribution is 2.58. The van der Waals surface area contributed by atoms with Gasteiger partial charge in [0.2, 0.25) is 11.8 Å². The first kappa shape index (κ1) is 15.8. The molecule has 3 rings (SSSR count). The lowest BCUT2D eigenvalue weighted by molar-refractivity contribution is -0.134. The second-order valence-corrected chi connectivity index (χ2v) is 7.38. The zero-order valence-corrected chi connectivity index (χ0v) is 13.7. The molecular formula is C17H29N3O2. The van der Waals surface area contributed by atoms with E-state index in [0.717, 1.165) is 45.2 Å². The Morgan fingerprint density at radius 3 is 2.55 bits per heavy atom. The summed E-state index contributed by atoms with van der Waals surface area (Å²) in [7, 11) is 1.88. The molecule has 2 N–H and O–H groups in total. The number of hydrogen-bond donors (Lipinski definition) is 2. The molecule has 1 aliphatic heterocycles. The molecule has 1 unspecified atom stereocenters. The number of hydrogen-bond acceptors (Lipinski definition) is 3. The lowest BCUT2D eigenvalue weighted by atomic mass is 9.92. The molecule has 2 aliphatic carbocycles. The van der Waals surface area contributed by atoms with Gasteiger partial charge >= 0.3 is 0 Å². The lowest BCUT2D eigenvalue weighted by Crippen LogP contribution is -2.44. The zero-order chi connectivity index (χ0) is 15.6. The summed E-state index contributed by atoms with van der Waals surface area (Å²) in [4.78, 5) is 26.4. The number of piperidine rings is 1. The lowest BCUT2D eigenvalue weighted by Gasteiger charge is -2.31. The number of nitrogens with one attached hydrogen (secondary N) is 2. The Morgan fingerprint density at radius 1 is 1.18 bits per heavy atom. The largest absolute Gasteiger partial charge is 0.347 e. The number of carbonyl (C=O) groups is 2. The van der Waals surface area contributed by atoms with Gasteiger partial charge in [0.05, 0.1) is 6.54 Å². The van der Waals surface area contributed by atoms with Gasteiger partial charge in [-0.15, -0.1) is 0 Å². The molecule has 2 amide bonds. The van der Waals surface area contributed by atoms with Gasteiger partial charge in [0.15, 0.2) is 0 Å². The zero-order valence-electron chi connectivity index (χ0n) is 13.7. The Morgan fingerprint density at radius 2 is 1.86 bits per heavy atom. The maximum absolute atomic E-state index is 12.3. The van der Waals surface area contributed by atoms with Crippen molar-refractivity contribution in [3.05, 3.63) is 0 Å². The van der Waals surface area contributed by atoms with Crippen molar-refractivity contribution >= 4 is 11.8 Å². The van der Waals surface area contributed by atoms with Crippen LogP contribution in [0.3, 0.4) is 0 Å². The second-order valence-electron chi connectivity index (χ2n) is 7.38. The molecule has 0 radical (unpaired) electrons. The maximum Gasteiger partial charge on any atom is 0.241 e. The van der Waals surface area contributed by atoms with Crippen LogP contribution in [0.1, 0.15) is 51.4 Å². The summed E-state index contributed by atoms with van der Waals surface area (Å²) in [5.74, 6) is 0.287. The van der Waals surface area contributed by atoms with Crippen LogP contribution in [-0.2, 0) is 9.59 Å². The van der Waals surface area contributed by atoms with Gasteiger partial charge in [-0.3, -0.25) is 9.59 Å². The molecule has 0 aromatic carbocycles. The maximum atomic E-state index is 12.3. The van der Waals surface area contributed by atoms with E-state index in [4.69, 9.17) is 0 Å². The number of nitrogens with zero attached hydrogens (tertiary/aromatic N) is 1. The van der Waals surface area contributed by atoms with E-state index in [1.807, 2.05) is 11.9 Å². The first-order valence-electron chi connectivity index (χ1n) is 8.86. The van der Waals surface area contributed by atoms with Crippen molar-refractivity contribution in [2.75, 3.05) is 26.7 Å². The van der Waals surface area contributed by atoms with Crippen LogP contribution >= 0.6 is 0 Å². The van der Waals surface area contributed by atoms with Gasteiger partial charge in [-0.05, 0) is 50.6 Å². The monoisotopic (exact) mass is 307 g/mol. The normalized spacial score (nSPS) is 27.4. The van der Waals surface area contributed by atoms with Crippen LogP contribution in [0.4, 0.5) is 0 Å². The quantitative estimate of drug-likeness (QED) is 0.822. The SMILES string of the molecule is CN(C(=O)CNC(=O)C1CC12CCNCC2)C1CCCCC1. The van der Waals surface area contributed by atoms with Crippen LogP contribution in [-0.4, -0.2) is 49.4 Å². The van der Waals surface area contributed by atoms with Crippen LogP contribution in [0.5, 0.6) is 0 Å². The van der Waals surface area contributed by atoms with E-state index < -0.39 is 0 Å². The fourth-order valence-electron chi connectivity index (χ4n) is 4.28. The van der Waals surface area contributed by atoms with E-state index in [2.05, 4.69) is 10.6 Å². The van der Waals surface area contributed by atoms with Gasteiger partial charge < -0.3 is 15.5 Å². The van der Waals surface area contributed by atoms with Gasteiger partial charge in [0.1, 0.15) is 0 Å². The average molecular weight is 307 g/mol. The molecule has 1 atom stereocenters. The summed E-state index contributed by atoms with van der Waals surface area (Å²) >= 11 is 0. The Labute approximate surface area is 133 Å². The van der Waals surface area contributed by atoms with Crippen LogP contribution in [0.25, 0.3) is 0 Å². The van der Waals surface area contributed by atoms with Gasteiger partial charge in [0, 0.05) is 19.0 Å². The molecule has 0 bridgehead atoms. The summed E-state index contributed by atoms with van der Waals surface area (Å²) in [6.45, 7) is 2.21. The van der Waals surface area contributed by atoms with Crippen molar-refractivity contribution < 1.29 is 9.59 Å². The van der Waals surface area contributed by atoms with Crippen molar-refractivity contribution in [1.29, 1.82) is 0 Å². The number of rotatable bonds is 4. The highest BCUT2D eigenvalue weighted by Gasteiger charge is 2.57. The molecular weight excluding hydrogens is 278 g/mol. The molecule has 3 fully saturated rings. The first-order chi connectivity index (χ1) is 10.6. The van der Waals surface area contributed by atoms with Crippen LogP contribution in [0.2, 0.25) is 0 Å². The minimum absolute atomic E-state index is 0.0558. The van der Waals surface area contributed by atoms with Gasteiger partial charge in [-0.2, -0.15) is 0 Å². The minimum Gasteiger partial charge on any atom is -0.347 e. The fourth-order valence-corrected chi connectivity index (χ4v) is 4.28. The van der Waals surface area contributed by atoms with E-state index in [1.165, 1.54) is 19.3 Å². The van der Waals surface area contributed by atoms with Gasteiger partial charge in [-0.1, -0.05) is 19.3 Å². The Bertz CT molecular complexity index is 412. The predicted molar refractivity (Wildman–Crippen MR) is 85.3 cm³/mol. The molecule has 1 heterocycles. The molecule has 22 heavy (non-hydrogen) atoms. The van der Waals surface area contributed by atoms with Crippen LogP contribution in [0, 0.1) is 11.3 Å². The van der Waals surface area contributed by atoms with Crippen molar-refractivity contribution in [3.8, 4) is 0 Å². The number of carbonyl (C=O) groups excluding carboxylic acids is 2. The fraction of sp³-hybridized carbons (Fsp3) is 0.882. The molecule has 5 nitrogen and oxygen atoms in total. The molecule has 2 saturated carbocycles. The Hall–Kier alpha value is -1.10. The highest BCUT2D eigenvalue weighted by molar-refractivity contribution is 5.87. The average Bonchev–Trinajstić information content (AvgIpc) is 3.26. The van der Waals surface area contributed by atoms with Gasteiger partial charge in [-0.25, -0.2) is 0 Å². The Balaban J connectivity index is 1.42. The molecule has 0 aromatic heterocycles. The smallest absolute Gasteiger partial charge is 0.241 e. The van der Waals surface area contributed by atoms with Crippen molar-refractivity contribution in [3.63, 3.8) is 0 Å². The number of amides is 2. The summed E-state index contributed by atoms with van der Waals surface area (Å²) in [6.07, 6.45) is 9.13. The van der Waals surface area contributed by atoms with E-state index >= 15 is 0 Å². The third kappa shape index (κ3) is 3.29. The summed E-state index contributed by atoms with van der Waals surface area (Å²) in [5.41, 5.74) is 0.244. The third-order valence-electron chi connectivity index (χ3n) is 6.04. The molecule has 1 saturated heterocycles. The van der Waals surface area contributed by atoms with E-state index in [1.54, 1.807) is 0 Å². The third-order valence-corrected chi connectivity index (χ3v) is 6.04. The second kappa shape index (κ2) is 6.57. The Kier molecular flexibility index (Phi) is 4.71. The van der Waals surface area contributed by atoms with Crippen molar-refractivity contribution in [2.45, 2.75) is 57.4 Å². The molecule has 0 aromatic rings.